The van der Waals surface area contributed by atoms with Gasteiger partial charge >= 0.3 is 0 Å². The average Bonchev–Trinajstić information content (AvgIpc) is 2.59. The number of anilines is 1. The van der Waals surface area contributed by atoms with E-state index >= 15 is 0 Å². The van der Waals surface area contributed by atoms with E-state index in [1.54, 1.807) is 19.2 Å². The molecule has 0 aliphatic rings. The number of amides is 1. The van der Waals surface area contributed by atoms with Crippen LogP contribution in [0.25, 0.3) is 0 Å². The van der Waals surface area contributed by atoms with Crippen LogP contribution in [0.2, 0.25) is 0 Å². The van der Waals surface area contributed by atoms with E-state index in [2.05, 4.69) is 10.5 Å². The largest absolute Gasteiger partial charge is 0.497 e. The van der Waals surface area contributed by atoms with Crippen molar-refractivity contribution < 1.29 is 9.53 Å². The summed E-state index contributed by atoms with van der Waals surface area (Å²) in [6.07, 6.45) is 0. The van der Waals surface area contributed by atoms with E-state index in [0.717, 1.165) is 17.0 Å². The van der Waals surface area contributed by atoms with Crippen molar-refractivity contribution in [1.82, 2.24) is 5.43 Å². The molecule has 2 aromatic carbocycles. The predicted molar refractivity (Wildman–Crippen MR) is 93.4 cm³/mol. The monoisotopic (exact) mass is 311 g/mol. The fraction of sp³-hybridized carbons (Fsp3) is 0.222. The van der Waals surface area contributed by atoms with Crippen molar-refractivity contribution in [2.75, 3.05) is 26.1 Å². The van der Waals surface area contributed by atoms with Crippen molar-refractivity contribution in [2.24, 2.45) is 5.10 Å². The van der Waals surface area contributed by atoms with Gasteiger partial charge in [-0.3, -0.25) is 4.79 Å². The summed E-state index contributed by atoms with van der Waals surface area (Å²) in [6, 6.07) is 14.9. The molecule has 2 rings (SSSR count). The van der Waals surface area contributed by atoms with Crippen LogP contribution in [-0.2, 0) is 0 Å². The molecule has 0 saturated heterocycles. The normalized spacial score (nSPS) is 11.0. The van der Waals surface area contributed by atoms with Gasteiger partial charge in [0.05, 0.1) is 12.8 Å². The van der Waals surface area contributed by atoms with Crippen LogP contribution in [0.15, 0.2) is 53.6 Å². The molecular formula is C18H21N3O2. The molecule has 5 heteroatoms. The van der Waals surface area contributed by atoms with E-state index in [1.807, 2.05) is 62.3 Å². The molecule has 0 saturated carbocycles. The molecule has 0 aliphatic carbocycles. The third kappa shape index (κ3) is 4.32. The molecule has 5 nitrogen and oxygen atoms in total. The van der Waals surface area contributed by atoms with Crippen LogP contribution in [0.3, 0.4) is 0 Å². The molecule has 120 valence electrons. The van der Waals surface area contributed by atoms with Crippen LogP contribution in [0.1, 0.15) is 22.8 Å². The highest BCUT2D eigenvalue weighted by atomic mass is 16.5. The fourth-order valence-electron chi connectivity index (χ4n) is 2.02. The number of hydrogen-bond donors (Lipinski definition) is 1. The number of ether oxygens (including phenoxy) is 1. The molecule has 1 N–H and O–H groups in total. The van der Waals surface area contributed by atoms with Crippen molar-refractivity contribution in [1.29, 1.82) is 0 Å². The summed E-state index contributed by atoms with van der Waals surface area (Å²) >= 11 is 0. The Labute approximate surface area is 136 Å². The second kappa shape index (κ2) is 7.45. The molecule has 23 heavy (non-hydrogen) atoms. The van der Waals surface area contributed by atoms with E-state index in [1.165, 1.54) is 0 Å². The van der Waals surface area contributed by atoms with Gasteiger partial charge in [0.15, 0.2) is 0 Å². The van der Waals surface area contributed by atoms with Crippen LogP contribution < -0.4 is 15.1 Å². The molecule has 0 fully saturated rings. The molecule has 0 atom stereocenters. The molecule has 2 aromatic rings. The quantitative estimate of drug-likeness (QED) is 0.682. The molecule has 0 heterocycles. The number of hydrogen-bond acceptors (Lipinski definition) is 4. The zero-order valence-corrected chi connectivity index (χ0v) is 13.8. The van der Waals surface area contributed by atoms with Crippen LogP contribution in [0.4, 0.5) is 5.69 Å². The Morgan fingerprint density at radius 1 is 1.09 bits per heavy atom. The number of methoxy groups -OCH3 is 1. The maximum absolute atomic E-state index is 12.1. The van der Waals surface area contributed by atoms with E-state index in [4.69, 9.17) is 4.74 Å². The molecule has 0 aliphatic heterocycles. The van der Waals surface area contributed by atoms with Gasteiger partial charge in [0, 0.05) is 30.9 Å². The second-order valence-corrected chi connectivity index (χ2v) is 5.31. The highest BCUT2D eigenvalue weighted by Crippen LogP contribution is 2.14. The number of carbonyl (C=O) groups excluding carboxylic acids is 1. The van der Waals surface area contributed by atoms with Gasteiger partial charge in [-0.05, 0) is 43.3 Å². The Bertz CT molecular complexity index is 706. The van der Waals surface area contributed by atoms with Gasteiger partial charge in [0.25, 0.3) is 5.91 Å². The lowest BCUT2D eigenvalue weighted by Crippen LogP contribution is -2.19. The van der Waals surface area contributed by atoms with Crippen molar-refractivity contribution >= 4 is 17.3 Å². The Hall–Kier alpha value is -2.82. The summed E-state index contributed by atoms with van der Waals surface area (Å²) in [7, 11) is 5.53. The van der Waals surface area contributed by atoms with Gasteiger partial charge in [-0.25, -0.2) is 5.43 Å². The van der Waals surface area contributed by atoms with Gasteiger partial charge in [0.1, 0.15) is 5.75 Å². The van der Waals surface area contributed by atoms with Crippen LogP contribution >= 0.6 is 0 Å². The molecule has 0 spiro atoms. The van der Waals surface area contributed by atoms with Crippen LogP contribution in [0.5, 0.6) is 5.75 Å². The highest BCUT2D eigenvalue weighted by molar-refractivity contribution is 6.01. The zero-order chi connectivity index (χ0) is 16.8. The van der Waals surface area contributed by atoms with Crippen LogP contribution in [-0.4, -0.2) is 32.8 Å². The number of benzene rings is 2. The lowest BCUT2D eigenvalue weighted by atomic mass is 10.1. The smallest absolute Gasteiger partial charge is 0.271 e. The van der Waals surface area contributed by atoms with Gasteiger partial charge in [-0.1, -0.05) is 12.1 Å². The third-order valence-electron chi connectivity index (χ3n) is 3.46. The first kappa shape index (κ1) is 16.5. The van der Waals surface area contributed by atoms with Crippen molar-refractivity contribution in [3.63, 3.8) is 0 Å². The van der Waals surface area contributed by atoms with Crippen LogP contribution in [0, 0.1) is 0 Å². The van der Waals surface area contributed by atoms with Gasteiger partial charge in [-0.15, -0.1) is 0 Å². The summed E-state index contributed by atoms with van der Waals surface area (Å²) in [5.74, 6) is 0.514. The third-order valence-corrected chi connectivity index (χ3v) is 3.46. The molecule has 1 amide bonds. The summed E-state index contributed by atoms with van der Waals surface area (Å²) < 4.78 is 5.18. The molecular weight excluding hydrogens is 290 g/mol. The van der Waals surface area contributed by atoms with Crippen molar-refractivity contribution in [3.05, 3.63) is 59.7 Å². The summed E-state index contributed by atoms with van der Waals surface area (Å²) in [5.41, 5.74) is 5.79. The second-order valence-electron chi connectivity index (χ2n) is 5.31. The van der Waals surface area contributed by atoms with Gasteiger partial charge in [-0.2, -0.15) is 5.10 Å². The first-order chi connectivity index (χ1) is 11.0. The lowest BCUT2D eigenvalue weighted by Gasteiger charge is -2.12. The standard InChI is InChI=1S/C18H21N3O2/c1-13(15-6-5-7-17(12-15)23-4)19-20-18(22)14-8-10-16(11-9-14)21(2)3/h5-12H,1-4H3,(H,20,22)/b19-13-. The zero-order valence-electron chi connectivity index (χ0n) is 13.8. The summed E-state index contributed by atoms with van der Waals surface area (Å²) in [5, 5.41) is 4.15. The van der Waals surface area contributed by atoms with E-state index in [0.29, 0.717) is 11.3 Å². The fourth-order valence-corrected chi connectivity index (χ4v) is 2.02. The molecule has 0 bridgehead atoms. The Kier molecular flexibility index (Phi) is 5.36. The Morgan fingerprint density at radius 3 is 2.39 bits per heavy atom. The van der Waals surface area contributed by atoms with Gasteiger partial charge in [0.2, 0.25) is 0 Å². The number of hydrazone groups is 1. The Balaban J connectivity index is 2.07. The highest BCUT2D eigenvalue weighted by Gasteiger charge is 2.06. The van der Waals surface area contributed by atoms with Crippen molar-refractivity contribution in [2.45, 2.75) is 6.92 Å². The SMILES string of the molecule is COc1cccc(/C(C)=N\NC(=O)c2ccc(N(C)C)cc2)c1. The maximum atomic E-state index is 12.1. The molecule has 0 unspecified atom stereocenters. The summed E-state index contributed by atoms with van der Waals surface area (Å²) in [6.45, 7) is 1.84. The van der Waals surface area contributed by atoms with Crippen molar-refractivity contribution in [3.8, 4) is 5.75 Å². The van der Waals surface area contributed by atoms with Gasteiger partial charge < -0.3 is 9.64 Å². The minimum absolute atomic E-state index is 0.238. The summed E-state index contributed by atoms with van der Waals surface area (Å²) in [4.78, 5) is 14.1. The minimum Gasteiger partial charge on any atom is -0.497 e. The number of nitrogens with zero attached hydrogens (tertiary/aromatic N) is 2. The number of rotatable bonds is 5. The van der Waals surface area contributed by atoms with E-state index in [-0.39, 0.29) is 5.91 Å². The van der Waals surface area contributed by atoms with E-state index < -0.39 is 0 Å². The number of carbonyl (C=O) groups is 1. The molecule has 0 aromatic heterocycles. The lowest BCUT2D eigenvalue weighted by molar-refractivity contribution is 0.0955. The predicted octanol–water partition coefficient (Wildman–Crippen LogP) is 2.92. The Morgan fingerprint density at radius 2 is 1.78 bits per heavy atom. The maximum Gasteiger partial charge on any atom is 0.271 e. The topological polar surface area (TPSA) is 53.9 Å². The first-order valence-electron chi connectivity index (χ1n) is 7.27. The molecule has 0 radical (unpaired) electrons. The van der Waals surface area contributed by atoms with E-state index in [9.17, 15) is 4.79 Å². The minimum atomic E-state index is -0.238. The first-order valence-corrected chi connectivity index (χ1v) is 7.27. The number of nitrogens with one attached hydrogen (secondary N) is 1. The average molecular weight is 311 g/mol.